The van der Waals surface area contributed by atoms with Crippen molar-refractivity contribution in [2.45, 2.75) is 38.7 Å². The number of hydrogen-bond donors (Lipinski definition) is 1. The van der Waals surface area contributed by atoms with E-state index in [4.69, 9.17) is 4.74 Å². The van der Waals surface area contributed by atoms with E-state index in [1.807, 2.05) is 13.8 Å². The van der Waals surface area contributed by atoms with Gasteiger partial charge in [0, 0.05) is 26.2 Å². The molecule has 2 atom stereocenters. The van der Waals surface area contributed by atoms with Gasteiger partial charge in [0.15, 0.2) is 11.4 Å². The van der Waals surface area contributed by atoms with Gasteiger partial charge in [-0.05, 0) is 38.5 Å². The third kappa shape index (κ3) is 5.33. The van der Waals surface area contributed by atoms with Gasteiger partial charge in [0.25, 0.3) is 5.91 Å². The largest absolute Gasteiger partial charge is 0.435 e. The highest BCUT2D eigenvalue weighted by Crippen LogP contribution is 2.32. The molecule has 2 aromatic rings. The summed E-state index contributed by atoms with van der Waals surface area (Å²) in [5, 5.41) is 9.30. The number of halogens is 4. The molecule has 1 fully saturated rings. The van der Waals surface area contributed by atoms with Crippen LogP contribution in [0.3, 0.4) is 0 Å². The summed E-state index contributed by atoms with van der Waals surface area (Å²) in [5.74, 6) is -1.71. The van der Waals surface area contributed by atoms with Crippen LogP contribution in [0, 0.1) is 5.82 Å². The van der Waals surface area contributed by atoms with E-state index in [0.717, 1.165) is 25.2 Å². The molecule has 3 rings (SSSR count). The molecule has 164 valence electrons. The Labute approximate surface area is 171 Å². The van der Waals surface area contributed by atoms with Gasteiger partial charge in [-0.3, -0.25) is 9.69 Å². The molecular formula is C19H23F4N5O2. The van der Waals surface area contributed by atoms with E-state index in [0.29, 0.717) is 17.6 Å². The lowest BCUT2D eigenvalue weighted by molar-refractivity contribution is -0.143. The van der Waals surface area contributed by atoms with Crippen molar-refractivity contribution in [3.05, 3.63) is 41.5 Å². The maximum atomic E-state index is 13.6. The normalized spacial score (nSPS) is 20.3. The van der Waals surface area contributed by atoms with Crippen LogP contribution >= 0.6 is 0 Å². The number of amides is 1. The molecule has 1 aromatic carbocycles. The monoisotopic (exact) mass is 429 g/mol. The number of morpholine rings is 1. The number of nitrogens with zero attached hydrogens (tertiary/aromatic N) is 4. The first-order valence-corrected chi connectivity index (χ1v) is 9.60. The maximum Gasteiger partial charge on any atom is 0.435 e. The summed E-state index contributed by atoms with van der Waals surface area (Å²) in [6.07, 6.45) is -4.13. The second kappa shape index (κ2) is 9.09. The first kappa shape index (κ1) is 22.2. The van der Waals surface area contributed by atoms with Crippen LogP contribution in [-0.4, -0.2) is 64.2 Å². The average Bonchev–Trinajstić information content (AvgIpc) is 3.10. The van der Waals surface area contributed by atoms with E-state index >= 15 is 0 Å². The van der Waals surface area contributed by atoms with Gasteiger partial charge < -0.3 is 10.1 Å². The van der Waals surface area contributed by atoms with Crippen LogP contribution in [0.15, 0.2) is 24.3 Å². The van der Waals surface area contributed by atoms with Crippen molar-refractivity contribution in [1.82, 2.24) is 25.2 Å². The summed E-state index contributed by atoms with van der Waals surface area (Å²) < 4.78 is 60.3. The lowest BCUT2D eigenvalue weighted by Crippen LogP contribution is -2.46. The van der Waals surface area contributed by atoms with E-state index in [1.54, 1.807) is 0 Å². The van der Waals surface area contributed by atoms with E-state index in [-0.39, 0.29) is 24.4 Å². The second-order valence-electron chi connectivity index (χ2n) is 7.30. The Morgan fingerprint density at radius 2 is 1.97 bits per heavy atom. The molecule has 30 heavy (non-hydrogen) atoms. The summed E-state index contributed by atoms with van der Waals surface area (Å²) in [4.78, 5) is 14.5. The Bertz CT molecular complexity index is 876. The first-order chi connectivity index (χ1) is 14.1. The minimum Gasteiger partial charge on any atom is -0.373 e. The number of ether oxygens (including phenoxy) is 1. The highest BCUT2D eigenvalue weighted by atomic mass is 19.4. The predicted molar refractivity (Wildman–Crippen MR) is 99.7 cm³/mol. The average molecular weight is 429 g/mol. The van der Waals surface area contributed by atoms with Crippen molar-refractivity contribution >= 4 is 5.91 Å². The molecule has 1 aliphatic rings. The molecule has 0 saturated carbocycles. The van der Waals surface area contributed by atoms with Crippen LogP contribution in [0.5, 0.6) is 0 Å². The van der Waals surface area contributed by atoms with E-state index in [2.05, 4.69) is 20.5 Å². The molecule has 0 aliphatic carbocycles. The van der Waals surface area contributed by atoms with Crippen molar-refractivity contribution in [3.63, 3.8) is 0 Å². The van der Waals surface area contributed by atoms with Crippen molar-refractivity contribution in [2.24, 2.45) is 0 Å². The summed E-state index contributed by atoms with van der Waals surface area (Å²) in [6, 6.07) is 4.48. The fourth-order valence-electron chi connectivity index (χ4n) is 3.53. The van der Waals surface area contributed by atoms with Crippen LogP contribution in [0.1, 0.15) is 36.5 Å². The molecule has 2 unspecified atom stereocenters. The highest BCUT2D eigenvalue weighted by molar-refractivity contribution is 5.93. The van der Waals surface area contributed by atoms with Crippen LogP contribution in [-0.2, 0) is 10.9 Å². The minimum absolute atomic E-state index is 0.107. The first-order valence-electron chi connectivity index (χ1n) is 9.60. The van der Waals surface area contributed by atoms with E-state index in [1.165, 1.54) is 12.1 Å². The molecular weight excluding hydrogens is 406 g/mol. The third-order valence-corrected chi connectivity index (χ3v) is 4.64. The van der Waals surface area contributed by atoms with Gasteiger partial charge in [-0.1, -0.05) is 11.3 Å². The maximum absolute atomic E-state index is 13.6. The van der Waals surface area contributed by atoms with Gasteiger partial charge in [0.05, 0.1) is 17.9 Å². The van der Waals surface area contributed by atoms with E-state index < -0.39 is 29.3 Å². The van der Waals surface area contributed by atoms with Gasteiger partial charge in [0.2, 0.25) is 0 Å². The van der Waals surface area contributed by atoms with Crippen molar-refractivity contribution < 1.29 is 27.1 Å². The lowest BCUT2D eigenvalue weighted by atomic mass is 10.2. The van der Waals surface area contributed by atoms with Crippen molar-refractivity contribution in [2.75, 3.05) is 26.2 Å². The number of benzene rings is 1. The molecule has 1 N–H and O–H groups in total. The third-order valence-electron chi connectivity index (χ3n) is 4.64. The summed E-state index contributed by atoms with van der Waals surface area (Å²) in [7, 11) is 0. The fourth-order valence-corrected chi connectivity index (χ4v) is 3.53. The lowest BCUT2D eigenvalue weighted by Gasteiger charge is -2.35. The number of alkyl halides is 3. The standard InChI is InChI=1S/C19H23F4N5O2/c1-12-10-27(11-13(2)30-12)8-4-7-24-18(29)16-17(19(21,22)23)28(26-25-16)15-6-3-5-14(20)9-15/h3,5-6,9,12-13H,4,7-8,10-11H2,1-2H3,(H,24,29). The predicted octanol–water partition coefficient (Wildman–Crippen LogP) is 2.65. The Hall–Kier alpha value is -2.53. The summed E-state index contributed by atoms with van der Waals surface area (Å²) in [5.41, 5.74) is -2.37. The second-order valence-corrected chi connectivity index (χ2v) is 7.30. The zero-order chi connectivity index (χ0) is 21.9. The topological polar surface area (TPSA) is 72.3 Å². The molecule has 2 heterocycles. The number of hydrogen-bond acceptors (Lipinski definition) is 5. The van der Waals surface area contributed by atoms with Crippen LogP contribution in [0.2, 0.25) is 0 Å². The zero-order valence-electron chi connectivity index (χ0n) is 16.6. The molecule has 1 amide bonds. The number of rotatable bonds is 6. The Balaban J connectivity index is 1.66. The number of aromatic nitrogens is 3. The van der Waals surface area contributed by atoms with Gasteiger partial charge in [-0.2, -0.15) is 13.2 Å². The minimum atomic E-state index is -4.90. The highest BCUT2D eigenvalue weighted by Gasteiger charge is 2.42. The number of carbonyl (C=O) groups is 1. The molecule has 1 aliphatic heterocycles. The molecule has 7 nitrogen and oxygen atoms in total. The number of nitrogens with one attached hydrogen (secondary N) is 1. The Morgan fingerprint density at radius 1 is 1.27 bits per heavy atom. The molecule has 11 heteroatoms. The van der Waals surface area contributed by atoms with Gasteiger partial charge in [-0.15, -0.1) is 5.10 Å². The van der Waals surface area contributed by atoms with Gasteiger partial charge >= 0.3 is 6.18 Å². The smallest absolute Gasteiger partial charge is 0.373 e. The van der Waals surface area contributed by atoms with Gasteiger partial charge in [-0.25, -0.2) is 9.07 Å². The van der Waals surface area contributed by atoms with Crippen LogP contribution in [0.25, 0.3) is 5.69 Å². The number of carbonyl (C=O) groups excluding carboxylic acids is 1. The summed E-state index contributed by atoms with van der Waals surface area (Å²) in [6.45, 7) is 6.34. The van der Waals surface area contributed by atoms with Crippen molar-refractivity contribution in [3.8, 4) is 5.69 Å². The molecule has 0 spiro atoms. The van der Waals surface area contributed by atoms with Gasteiger partial charge in [0.1, 0.15) is 5.82 Å². The Morgan fingerprint density at radius 3 is 2.60 bits per heavy atom. The fraction of sp³-hybridized carbons (Fsp3) is 0.526. The molecule has 0 radical (unpaired) electrons. The quantitative estimate of drug-likeness (QED) is 0.565. The van der Waals surface area contributed by atoms with Crippen LogP contribution < -0.4 is 5.32 Å². The zero-order valence-corrected chi connectivity index (χ0v) is 16.6. The van der Waals surface area contributed by atoms with E-state index in [9.17, 15) is 22.4 Å². The molecule has 0 bridgehead atoms. The SMILES string of the molecule is CC1CN(CCCNC(=O)c2nnn(-c3cccc(F)c3)c2C(F)(F)F)CC(C)O1. The summed E-state index contributed by atoms with van der Waals surface area (Å²) >= 11 is 0. The van der Waals surface area contributed by atoms with Crippen molar-refractivity contribution in [1.29, 1.82) is 0 Å². The molecule has 1 saturated heterocycles. The molecule has 1 aromatic heterocycles. The Kier molecular flexibility index (Phi) is 6.71. The van der Waals surface area contributed by atoms with Crippen LogP contribution in [0.4, 0.5) is 17.6 Å².